The number of ether oxygens (including phenoxy) is 1. The van der Waals surface area contributed by atoms with E-state index in [0.29, 0.717) is 6.61 Å². The fraction of sp³-hybridized carbons (Fsp3) is 0.438. The maximum Gasteiger partial charge on any atom is 0.253 e. The van der Waals surface area contributed by atoms with Crippen molar-refractivity contribution in [3.05, 3.63) is 24.0 Å². The molecule has 1 fully saturated rings. The summed E-state index contributed by atoms with van der Waals surface area (Å²) in [6.45, 7) is -0.410. The molecule has 27 heavy (non-hydrogen) atoms. The van der Waals surface area contributed by atoms with Crippen LogP contribution in [0, 0.1) is 5.82 Å². The summed E-state index contributed by atoms with van der Waals surface area (Å²) >= 11 is 0. The van der Waals surface area contributed by atoms with Crippen LogP contribution in [0.5, 0.6) is 0 Å². The van der Waals surface area contributed by atoms with Crippen molar-refractivity contribution in [3.63, 3.8) is 0 Å². The smallest absolute Gasteiger partial charge is 0.253 e. The second-order valence-corrected chi connectivity index (χ2v) is 5.89. The molecule has 1 atom stereocenters. The molecule has 0 unspecified atom stereocenters. The Hall–Kier alpha value is -2.66. The van der Waals surface area contributed by atoms with Crippen molar-refractivity contribution >= 4 is 29.1 Å². The van der Waals surface area contributed by atoms with Gasteiger partial charge >= 0.3 is 0 Å². The van der Waals surface area contributed by atoms with Crippen LogP contribution in [0.1, 0.15) is 0 Å². The van der Waals surface area contributed by atoms with E-state index >= 15 is 0 Å². The number of primary amides is 1. The lowest BCUT2D eigenvalue weighted by molar-refractivity contribution is -0.132. The van der Waals surface area contributed by atoms with Gasteiger partial charge in [-0.1, -0.05) is 0 Å². The van der Waals surface area contributed by atoms with Crippen LogP contribution >= 0.6 is 0 Å². The molecule has 1 heterocycles. The Morgan fingerprint density at radius 3 is 2.67 bits per heavy atom. The molecule has 8 nitrogen and oxygen atoms in total. The number of morpholine rings is 1. The molecule has 1 aliphatic heterocycles. The highest BCUT2D eigenvalue weighted by Gasteiger charge is 2.31. The molecular formula is C16H19F3N4O4. The summed E-state index contributed by atoms with van der Waals surface area (Å²) in [5, 5.41) is 2.16. The zero-order chi connectivity index (χ0) is 20.1. The van der Waals surface area contributed by atoms with Gasteiger partial charge in [0.05, 0.1) is 18.8 Å². The molecule has 3 N–H and O–H groups in total. The third-order valence-electron chi connectivity index (χ3n) is 3.89. The van der Waals surface area contributed by atoms with Crippen molar-refractivity contribution in [2.45, 2.75) is 12.5 Å². The number of hydrogen-bond acceptors (Lipinski definition) is 5. The van der Waals surface area contributed by atoms with Crippen LogP contribution < -0.4 is 16.0 Å². The van der Waals surface area contributed by atoms with E-state index in [4.69, 9.17) is 10.5 Å². The highest BCUT2D eigenvalue weighted by atomic mass is 19.3. The molecule has 1 aromatic rings. The normalized spacial score (nSPS) is 15.9. The van der Waals surface area contributed by atoms with Crippen molar-refractivity contribution < 1.29 is 32.3 Å². The zero-order valence-electron chi connectivity index (χ0n) is 14.5. The van der Waals surface area contributed by atoms with Crippen LogP contribution in [0.4, 0.5) is 24.5 Å². The van der Waals surface area contributed by atoms with E-state index < -0.39 is 36.6 Å². The fourth-order valence-corrected chi connectivity index (χ4v) is 2.64. The standard InChI is InChI=1S/C16H19F3N4O4/c1-22(7-12(18)19)14(15(20)25)16(26)21-11-3-2-9(6-10(11)17)23-4-5-27-8-13(23)24/h2-3,6,12,14H,4-5,7-8H2,1H3,(H2,20,25)(H,21,26)/t14-/m1/s1. The second kappa shape index (κ2) is 8.82. The number of anilines is 2. The van der Waals surface area contributed by atoms with E-state index in [2.05, 4.69) is 5.32 Å². The van der Waals surface area contributed by atoms with Crippen LogP contribution in [-0.2, 0) is 19.1 Å². The zero-order valence-corrected chi connectivity index (χ0v) is 14.5. The SMILES string of the molecule is CN(CC(F)F)[C@H](C(N)=O)C(=O)Nc1ccc(N2CCOCC2=O)cc1F. The summed E-state index contributed by atoms with van der Waals surface area (Å²) in [6, 6.07) is 1.96. The molecule has 1 saturated heterocycles. The van der Waals surface area contributed by atoms with Crippen molar-refractivity contribution in [1.29, 1.82) is 0 Å². The summed E-state index contributed by atoms with van der Waals surface area (Å²) in [4.78, 5) is 37.6. The van der Waals surface area contributed by atoms with E-state index in [1.54, 1.807) is 0 Å². The van der Waals surface area contributed by atoms with Gasteiger partial charge in [0, 0.05) is 12.2 Å². The maximum absolute atomic E-state index is 14.3. The summed E-state index contributed by atoms with van der Waals surface area (Å²) in [5.74, 6) is -3.38. The molecule has 1 aliphatic rings. The molecule has 1 aromatic carbocycles. The Morgan fingerprint density at radius 1 is 1.41 bits per heavy atom. The minimum Gasteiger partial charge on any atom is -0.370 e. The Kier molecular flexibility index (Phi) is 6.75. The largest absolute Gasteiger partial charge is 0.370 e. The van der Waals surface area contributed by atoms with Gasteiger partial charge in [-0.25, -0.2) is 13.2 Å². The van der Waals surface area contributed by atoms with E-state index in [0.717, 1.165) is 18.0 Å². The van der Waals surface area contributed by atoms with Gasteiger partial charge in [0.25, 0.3) is 18.2 Å². The van der Waals surface area contributed by atoms with Gasteiger partial charge in [-0.05, 0) is 25.2 Å². The van der Waals surface area contributed by atoms with Crippen LogP contribution in [0.3, 0.4) is 0 Å². The maximum atomic E-state index is 14.3. The minimum absolute atomic E-state index is 0.114. The average Bonchev–Trinajstić information content (AvgIpc) is 2.56. The summed E-state index contributed by atoms with van der Waals surface area (Å²) in [7, 11) is 1.13. The van der Waals surface area contributed by atoms with Gasteiger partial charge in [-0.15, -0.1) is 0 Å². The predicted molar refractivity (Wildman–Crippen MR) is 89.8 cm³/mol. The number of nitrogens with two attached hydrogens (primary N) is 1. The monoisotopic (exact) mass is 388 g/mol. The lowest BCUT2D eigenvalue weighted by Gasteiger charge is -2.27. The van der Waals surface area contributed by atoms with Gasteiger partial charge in [0.15, 0.2) is 6.04 Å². The summed E-state index contributed by atoms with van der Waals surface area (Å²) < 4.78 is 44.3. The number of carbonyl (C=O) groups excluding carboxylic acids is 3. The summed E-state index contributed by atoms with van der Waals surface area (Å²) in [6.07, 6.45) is -2.79. The van der Waals surface area contributed by atoms with Crippen LogP contribution in [0.15, 0.2) is 18.2 Å². The van der Waals surface area contributed by atoms with Crippen molar-refractivity contribution in [1.82, 2.24) is 4.90 Å². The van der Waals surface area contributed by atoms with Crippen LogP contribution in [0.2, 0.25) is 0 Å². The van der Waals surface area contributed by atoms with E-state index in [1.165, 1.54) is 17.0 Å². The second-order valence-electron chi connectivity index (χ2n) is 5.89. The van der Waals surface area contributed by atoms with Gasteiger partial charge in [-0.2, -0.15) is 0 Å². The van der Waals surface area contributed by atoms with Crippen LogP contribution in [-0.4, -0.2) is 68.4 Å². The molecule has 3 amide bonds. The lowest BCUT2D eigenvalue weighted by Crippen LogP contribution is -2.51. The number of hydrogen-bond donors (Lipinski definition) is 2. The number of carbonyl (C=O) groups is 3. The topological polar surface area (TPSA) is 105 Å². The fourth-order valence-electron chi connectivity index (χ4n) is 2.64. The Bertz CT molecular complexity index is 732. The third-order valence-corrected chi connectivity index (χ3v) is 3.89. The lowest BCUT2D eigenvalue weighted by atomic mass is 10.2. The van der Waals surface area contributed by atoms with Gasteiger partial charge < -0.3 is 20.7 Å². The number of nitrogens with zero attached hydrogens (tertiary/aromatic N) is 2. The number of rotatable bonds is 7. The first-order chi connectivity index (χ1) is 12.7. The molecule has 0 radical (unpaired) electrons. The molecule has 148 valence electrons. The first kappa shape index (κ1) is 20.6. The average molecular weight is 388 g/mol. The highest BCUT2D eigenvalue weighted by Crippen LogP contribution is 2.23. The van der Waals surface area contributed by atoms with Gasteiger partial charge in [0.1, 0.15) is 12.4 Å². The molecule has 0 aliphatic carbocycles. The third kappa shape index (κ3) is 5.17. The molecule has 0 aromatic heterocycles. The predicted octanol–water partition coefficient (Wildman–Crippen LogP) is 0.178. The number of alkyl halides is 2. The Labute approximate surface area is 153 Å². The van der Waals surface area contributed by atoms with Crippen molar-refractivity contribution in [2.75, 3.05) is 43.6 Å². The quantitative estimate of drug-likeness (QED) is 0.649. The number of likely N-dealkylation sites (N-methyl/N-ethyl adjacent to an activating group) is 1. The molecule has 0 bridgehead atoms. The van der Waals surface area contributed by atoms with E-state index in [-0.39, 0.29) is 30.4 Å². The van der Waals surface area contributed by atoms with Crippen LogP contribution in [0.25, 0.3) is 0 Å². The van der Waals surface area contributed by atoms with Gasteiger partial charge in [0.2, 0.25) is 5.91 Å². The first-order valence-electron chi connectivity index (χ1n) is 7.97. The number of amides is 3. The van der Waals surface area contributed by atoms with E-state index in [1.807, 2.05) is 0 Å². The number of benzene rings is 1. The Balaban J connectivity index is 2.14. The Morgan fingerprint density at radius 2 is 2.11 bits per heavy atom. The number of halogens is 3. The molecule has 2 rings (SSSR count). The first-order valence-corrected chi connectivity index (χ1v) is 7.97. The van der Waals surface area contributed by atoms with Crippen molar-refractivity contribution in [3.8, 4) is 0 Å². The molecule has 11 heteroatoms. The molecule has 0 saturated carbocycles. The number of nitrogens with one attached hydrogen (secondary N) is 1. The molecule has 0 spiro atoms. The minimum atomic E-state index is -2.79. The van der Waals surface area contributed by atoms with Gasteiger partial charge in [-0.3, -0.25) is 19.3 Å². The van der Waals surface area contributed by atoms with E-state index in [9.17, 15) is 27.6 Å². The van der Waals surface area contributed by atoms with Crippen molar-refractivity contribution in [2.24, 2.45) is 5.73 Å². The highest BCUT2D eigenvalue weighted by molar-refractivity contribution is 6.09. The molecular weight excluding hydrogens is 369 g/mol. The summed E-state index contributed by atoms with van der Waals surface area (Å²) in [5.41, 5.74) is 5.11.